The van der Waals surface area contributed by atoms with E-state index >= 15 is 0 Å². The molecule has 1 aliphatic carbocycles. The van der Waals surface area contributed by atoms with Crippen molar-refractivity contribution in [2.24, 2.45) is 5.73 Å². The maximum absolute atomic E-state index is 11.8. The number of rotatable bonds is 3. The molecule has 0 bridgehead atoms. The molecule has 0 spiro atoms. The van der Waals surface area contributed by atoms with Crippen LogP contribution in [0.1, 0.15) is 36.8 Å². The second kappa shape index (κ2) is 4.67. The first-order chi connectivity index (χ1) is 8.39. The third kappa shape index (κ3) is 2.31. The highest BCUT2D eigenvalue weighted by Gasteiger charge is 2.34. The minimum Gasteiger partial charge on any atom is -0.330 e. The summed E-state index contributed by atoms with van der Waals surface area (Å²) in [5.74, 6) is 0. The highest BCUT2D eigenvalue weighted by atomic mass is 32.2. The molecule has 100 valence electrons. The molecule has 1 aromatic carbocycles. The van der Waals surface area contributed by atoms with Crippen LogP contribution in [0.4, 0.5) is 0 Å². The van der Waals surface area contributed by atoms with Gasteiger partial charge in [-0.1, -0.05) is 25.0 Å². The molecule has 0 atom stereocenters. The van der Waals surface area contributed by atoms with Crippen molar-refractivity contribution < 1.29 is 8.42 Å². The summed E-state index contributed by atoms with van der Waals surface area (Å²) in [6, 6.07) is 5.78. The fourth-order valence-electron chi connectivity index (χ4n) is 2.99. The molecule has 0 amide bonds. The van der Waals surface area contributed by atoms with Gasteiger partial charge in [0.15, 0.2) is 9.84 Å². The van der Waals surface area contributed by atoms with Crippen molar-refractivity contribution in [3.05, 3.63) is 29.3 Å². The van der Waals surface area contributed by atoms with E-state index in [9.17, 15) is 8.42 Å². The smallest absolute Gasteiger partial charge is 0.175 e. The number of benzene rings is 1. The quantitative estimate of drug-likeness (QED) is 0.913. The van der Waals surface area contributed by atoms with E-state index in [0.717, 1.165) is 24.0 Å². The van der Waals surface area contributed by atoms with Gasteiger partial charge in [0.05, 0.1) is 4.90 Å². The van der Waals surface area contributed by atoms with Crippen molar-refractivity contribution in [3.8, 4) is 0 Å². The lowest BCUT2D eigenvalue weighted by atomic mass is 9.79. The van der Waals surface area contributed by atoms with Crippen molar-refractivity contribution in [1.29, 1.82) is 0 Å². The van der Waals surface area contributed by atoms with E-state index in [0.29, 0.717) is 11.4 Å². The van der Waals surface area contributed by atoms with Crippen LogP contribution < -0.4 is 5.73 Å². The van der Waals surface area contributed by atoms with Gasteiger partial charge in [-0.05, 0) is 37.0 Å². The van der Waals surface area contributed by atoms with Gasteiger partial charge in [0.2, 0.25) is 0 Å². The molecule has 0 radical (unpaired) electrons. The molecule has 18 heavy (non-hydrogen) atoms. The first-order valence-electron chi connectivity index (χ1n) is 6.40. The Morgan fingerprint density at radius 1 is 1.28 bits per heavy atom. The number of hydrogen-bond acceptors (Lipinski definition) is 3. The summed E-state index contributed by atoms with van der Waals surface area (Å²) < 4.78 is 23.6. The fourth-order valence-corrected chi connectivity index (χ4v) is 3.99. The Labute approximate surface area is 109 Å². The first-order valence-corrected chi connectivity index (χ1v) is 8.29. The second-order valence-electron chi connectivity index (χ2n) is 5.44. The highest BCUT2D eigenvalue weighted by Crippen LogP contribution is 2.41. The maximum Gasteiger partial charge on any atom is 0.175 e. The van der Waals surface area contributed by atoms with Crippen molar-refractivity contribution in [1.82, 2.24) is 0 Å². The molecule has 3 nitrogen and oxygen atoms in total. The van der Waals surface area contributed by atoms with Crippen LogP contribution in [0.2, 0.25) is 0 Å². The number of hydrogen-bond donors (Lipinski definition) is 1. The van der Waals surface area contributed by atoms with E-state index in [1.54, 1.807) is 0 Å². The molecular formula is C14H21NO2S. The minimum atomic E-state index is -3.16. The number of sulfone groups is 1. The molecule has 0 unspecified atom stereocenters. The minimum absolute atomic E-state index is 0.00681. The summed E-state index contributed by atoms with van der Waals surface area (Å²) in [6.45, 7) is 2.43. The third-order valence-electron chi connectivity index (χ3n) is 4.15. The van der Waals surface area contributed by atoms with Crippen LogP contribution in [0.15, 0.2) is 23.1 Å². The summed E-state index contributed by atoms with van der Waals surface area (Å²) in [4.78, 5) is 0.444. The van der Waals surface area contributed by atoms with E-state index in [-0.39, 0.29) is 5.41 Å². The van der Waals surface area contributed by atoms with Gasteiger partial charge in [0, 0.05) is 18.2 Å². The van der Waals surface area contributed by atoms with Crippen LogP contribution in [0.3, 0.4) is 0 Å². The molecule has 1 fully saturated rings. The summed E-state index contributed by atoms with van der Waals surface area (Å²) in [7, 11) is -3.16. The lowest BCUT2D eigenvalue weighted by Crippen LogP contribution is -2.32. The first kappa shape index (κ1) is 13.6. The van der Waals surface area contributed by atoms with E-state index in [2.05, 4.69) is 0 Å². The van der Waals surface area contributed by atoms with Gasteiger partial charge in [0.25, 0.3) is 0 Å². The van der Waals surface area contributed by atoms with E-state index in [4.69, 9.17) is 5.73 Å². The van der Waals surface area contributed by atoms with Crippen molar-refractivity contribution in [2.45, 2.75) is 42.9 Å². The van der Waals surface area contributed by atoms with Crippen LogP contribution in [0.25, 0.3) is 0 Å². The van der Waals surface area contributed by atoms with Crippen LogP contribution in [-0.2, 0) is 15.3 Å². The van der Waals surface area contributed by atoms with Crippen LogP contribution in [0, 0.1) is 6.92 Å². The van der Waals surface area contributed by atoms with Gasteiger partial charge in [-0.25, -0.2) is 8.42 Å². The van der Waals surface area contributed by atoms with Gasteiger partial charge < -0.3 is 5.73 Å². The zero-order valence-electron chi connectivity index (χ0n) is 11.1. The molecular weight excluding hydrogens is 246 g/mol. The van der Waals surface area contributed by atoms with E-state index < -0.39 is 9.84 Å². The summed E-state index contributed by atoms with van der Waals surface area (Å²) >= 11 is 0. The lowest BCUT2D eigenvalue weighted by molar-refractivity contribution is 0.452. The Balaban J connectivity index is 2.53. The Hall–Kier alpha value is -0.870. The molecule has 4 heteroatoms. The summed E-state index contributed by atoms with van der Waals surface area (Å²) in [5, 5.41) is 0. The monoisotopic (exact) mass is 267 g/mol. The molecule has 0 heterocycles. The van der Waals surface area contributed by atoms with Crippen LogP contribution in [0.5, 0.6) is 0 Å². The molecule has 1 aliphatic rings. The van der Waals surface area contributed by atoms with Crippen molar-refractivity contribution in [2.75, 3.05) is 12.8 Å². The van der Waals surface area contributed by atoms with Crippen molar-refractivity contribution >= 4 is 9.84 Å². The molecule has 2 rings (SSSR count). The molecule has 1 saturated carbocycles. The molecule has 2 N–H and O–H groups in total. The Morgan fingerprint density at radius 3 is 2.39 bits per heavy atom. The molecule has 0 aliphatic heterocycles. The molecule has 0 aromatic heterocycles. The highest BCUT2D eigenvalue weighted by molar-refractivity contribution is 7.90. The molecule has 0 saturated heterocycles. The number of aryl methyl sites for hydroxylation is 1. The van der Waals surface area contributed by atoms with Crippen LogP contribution >= 0.6 is 0 Å². The average Bonchev–Trinajstić information content (AvgIpc) is 2.78. The standard InChI is InChI=1S/C14H21NO2S/c1-11-5-6-12(9-13(11)18(2,16)17)14(10-15)7-3-4-8-14/h5-6,9H,3-4,7-8,10,15H2,1-2H3. The zero-order chi connectivity index (χ0) is 13.4. The normalized spacial score (nSPS) is 19.1. The zero-order valence-corrected chi connectivity index (χ0v) is 11.9. The van der Waals surface area contributed by atoms with Gasteiger partial charge in [-0.2, -0.15) is 0 Å². The average molecular weight is 267 g/mol. The van der Waals surface area contributed by atoms with E-state index in [1.165, 1.54) is 19.1 Å². The Bertz CT molecular complexity index is 543. The van der Waals surface area contributed by atoms with Gasteiger partial charge in [-0.3, -0.25) is 0 Å². The SMILES string of the molecule is Cc1ccc(C2(CN)CCCC2)cc1S(C)(=O)=O. The predicted molar refractivity (Wildman–Crippen MR) is 73.5 cm³/mol. The van der Waals surface area contributed by atoms with Crippen LogP contribution in [-0.4, -0.2) is 21.2 Å². The topological polar surface area (TPSA) is 60.2 Å². The van der Waals surface area contributed by atoms with Gasteiger partial charge >= 0.3 is 0 Å². The Morgan fingerprint density at radius 2 is 1.89 bits per heavy atom. The lowest BCUT2D eigenvalue weighted by Gasteiger charge is -2.28. The third-order valence-corrected chi connectivity index (χ3v) is 5.39. The maximum atomic E-state index is 11.8. The second-order valence-corrected chi connectivity index (χ2v) is 7.43. The largest absolute Gasteiger partial charge is 0.330 e. The Kier molecular flexibility index (Phi) is 3.52. The molecule has 1 aromatic rings. The fraction of sp³-hybridized carbons (Fsp3) is 0.571. The number of nitrogens with two attached hydrogens (primary N) is 1. The summed E-state index contributed by atoms with van der Waals surface area (Å²) in [5.41, 5.74) is 7.84. The van der Waals surface area contributed by atoms with E-state index in [1.807, 2.05) is 25.1 Å². The predicted octanol–water partition coefficient (Wildman–Crippen LogP) is 2.17. The van der Waals surface area contributed by atoms with Gasteiger partial charge in [-0.15, -0.1) is 0 Å². The van der Waals surface area contributed by atoms with Crippen molar-refractivity contribution in [3.63, 3.8) is 0 Å². The van der Waals surface area contributed by atoms with Gasteiger partial charge in [0.1, 0.15) is 0 Å². The summed E-state index contributed by atoms with van der Waals surface area (Å²) in [6.07, 6.45) is 5.76.